The maximum atomic E-state index is 11.9. The Morgan fingerprint density at radius 2 is 1.32 bits per heavy atom. The first-order valence-electron chi connectivity index (χ1n) is 12.6. The number of esters is 2. The van der Waals surface area contributed by atoms with E-state index in [1.807, 2.05) is 60.8 Å². The highest BCUT2D eigenvalue weighted by molar-refractivity contribution is 5.70. The van der Waals surface area contributed by atoms with Crippen LogP contribution in [0.1, 0.15) is 78.1 Å². The lowest BCUT2D eigenvalue weighted by molar-refractivity contribution is -0.161. The Bertz CT molecular complexity index is 683. The molecule has 0 aromatic carbocycles. The van der Waals surface area contributed by atoms with Gasteiger partial charge in [-0.1, -0.05) is 99.6 Å². The summed E-state index contributed by atoms with van der Waals surface area (Å²) in [4.78, 5) is 23.7. The molecule has 1 atom stereocenters. The second kappa shape index (κ2) is 25.0. The third-order valence-electron chi connectivity index (χ3n) is 4.63. The minimum Gasteiger partial charge on any atom is -0.462 e. The summed E-state index contributed by atoms with van der Waals surface area (Å²) in [6.07, 6.45) is 31.2. The highest BCUT2D eigenvalue weighted by atomic mass is 16.6. The summed E-state index contributed by atoms with van der Waals surface area (Å²) < 4.78 is 10.3. The van der Waals surface area contributed by atoms with Crippen LogP contribution in [-0.2, 0) is 19.1 Å². The Kier molecular flexibility index (Phi) is 23.0. The highest BCUT2D eigenvalue weighted by Gasteiger charge is 2.15. The zero-order valence-electron chi connectivity index (χ0n) is 21.1. The SMILES string of the molecule is CC/C=C/C=C/C=C/C=C/C=C/CCCC(=O)OCC(CO)OC(=O)CC/C=C/CCCCC. The van der Waals surface area contributed by atoms with Crippen molar-refractivity contribution in [3.8, 4) is 0 Å². The van der Waals surface area contributed by atoms with Crippen molar-refractivity contribution in [1.29, 1.82) is 0 Å². The normalized spacial score (nSPS) is 13.4. The highest BCUT2D eigenvalue weighted by Crippen LogP contribution is 2.05. The molecule has 0 saturated heterocycles. The zero-order chi connectivity index (χ0) is 25.1. The molecule has 0 radical (unpaired) electrons. The maximum absolute atomic E-state index is 11.9. The average Bonchev–Trinajstić information content (AvgIpc) is 2.84. The van der Waals surface area contributed by atoms with Gasteiger partial charge in [-0.2, -0.15) is 0 Å². The number of hydrogen-bond donors (Lipinski definition) is 1. The molecule has 0 fully saturated rings. The fourth-order valence-electron chi connectivity index (χ4n) is 2.71. The molecule has 0 aromatic rings. The van der Waals surface area contributed by atoms with Crippen LogP contribution >= 0.6 is 0 Å². The Labute approximate surface area is 206 Å². The number of carbonyl (C=O) groups excluding carboxylic acids is 2. The molecule has 5 nitrogen and oxygen atoms in total. The van der Waals surface area contributed by atoms with E-state index in [0.717, 1.165) is 25.7 Å². The van der Waals surface area contributed by atoms with Gasteiger partial charge in [-0.25, -0.2) is 0 Å². The molecule has 0 aliphatic carbocycles. The van der Waals surface area contributed by atoms with Gasteiger partial charge in [0.15, 0.2) is 6.10 Å². The summed E-state index contributed by atoms with van der Waals surface area (Å²) >= 11 is 0. The summed E-state index contributed by atoms with van der Waals surface area (Å²) in [5.41, 5.74) is 0. The molecule has 0 heterocycles. The van der Waals surface area contributed by atoms with E-state index in [0.29, 0.717) is 12.8 Å². The first kappa shape index (κ1) is 31.3. The Hall–Kier alpha value is -2.66. The van der Waals surface area contributed by atoms with E-state index in [-0.39, 0.29) is 32.0 Å². The van der Waals surface area contributed by atoms with Crippen molar-refractivity contribution in [3.63, 3.8) is 0 Å². The van der Waals surface area contributed by atoms with E-state index >= 15 is 0 Å². The molecule has 190 valence electrons. The second-order valence-corrected chi connectivity index (χ2v) is 7.79. The maximum Gasteiger partial charge on any atom is 0.306 e. The molecule has 0 rings (SSSR count). The topological polar surface area (TPSA) is 72.8 Å². The molecule has 0 amide bonds. The van der Waals surface area contributed by atoms with Crippen LogP contribution in [0.2, 0.25) is 0 Å². The first-order valence-corrected chi connectivity index (χ1v) is 12.6. The molecule has 0 bridgehead atoms. The number of carbonyl (C=O) groups is 2. The number of rotatable bonds is 20. The molecular weight excluding hydrogens is 428 g/mol. The lowest BCUT2D eigenvalue weighted by atomic mass is 10.2. The van der Waals surface area contributed by atoms with Crippen LogP contribution in [0, 0.1) is 0 Å². The summed E-state index contributed by atoms with van der Waals surface area (Å²) in [5, 5.41) is 9.37. The molecule has 0 saturated carbocycles. The van der Waals surface area contributed by atoms with Crippen LogP contribution < -0.4 is 0 Å². The number of ether oxygens (including phenoxy) is 2. The van der Waals surface area contributed by atoms with Gasteiger partial charge >= 0.3 is 11.9 Å². The quantitative estimate of drug-likeness (QED) is 0.0922. The van der Waals surface area contributed by atoms with Gasteiger partial charge in [0.1, 0.15) is 6.61 Å². The lowest BCUT2D eigenvalue weighted by Gasteiger charge is -2.15. The van der Waals surface area contributed by atoms with Crippen LogP contribution in [-0.4, -0.2) is 36.4 Å². The van der Waals surface area contributed by atoms with Crippen LogP contribution in [0.3, 0.4) is 0 Å². The van der Waals surface area contributed by atoms with Gasteiger partial charge in [0.25, 0.3) is 0 Å². The summed E-state index contributed by atoms with van der Waals surface area (Å²) in [6.45, 7) is 3.77. The predicted molar refractivity (Wildman–Crippen MR) is 140 cm³/mol. The molecule has 1 unspecified atom stereocenters. The van der Waals surface area contributed by atoms with E-state index in [1.54, 1.807) is 0 Å². The van der Waals surface area contributed by atoms with Crippen molar-refractivity contribution in [2.24, 2.45) is 0 Å². The second-order valence-electron chi connectivity index (χ2n) is 7.79. The van der Waals surface area contributed by atoms with Crippen molar-refractivity contribution in [2.75, 3.05) is 13.2 Å². The largest absolute Gasteiger partial charge is 0.462 e. The molecule has 0 aliphatic heterocycles. The number of allylic oxidation sites excluding steroid dienone is 12. The Balaban J connectivity index is 3.90. The van der Waals surface area contributed by atoms with Gasteiger partial charge in [-0.05, 0) is 38.5 Å². The van der Waals surface area contributed by atoms with Crippen molar-refractivity contribution >= 4 is 11.9 Å². The van der Waals surface area contributed by atoms with E-state index in [9.17, 15) is 14.7 Å². The third kappa shape index (κ3) is 22.5. The predicted octanol–water partition coefficient (Wildman–Crippen LogP) is 6.71. The van der Waals surface area contributed by atoms with Gasteiger partial charge < -0.3 is 14.6 Å². The minimum atomic E-state index is -0.819. The number of unbranched alkanes of at least 4 members (excludes halogenated alkanes) is 4. The zero-order valence-corrected chi connectivity index (χ0v) is 21.1. The van der Waals surface area contributed by atoms with Crippen molar-refractivity contribution < 1.29 is 24.2 Å². The average molecular weight is 473 g/mol. The smallest absolute Gasteiger partial charge is 0.306 e. The van der Waals surface area contributed by atoms with E-state index < -0.39 is 12.1 Å². The van der Waals surface area contributed by atoms with Crippen LogP contribution in [0.5, 0.6) is 0 Å². The summed E-state index contributed by atoms with van der Waals surface area (Å²) in [5.74, 6) is -0.758. The number of aliphatic hydroxyl groups excluding tert-OH is 1. The molecule has 34 heavy (non-hydrogen) atoms. The van der Waals surface area contributed by atoms with Gasteiger partial charge in [-0.3, -0.25) is 9.59 Å². The fourth-order valence-corrected chi connectivity index (χ4v) is 2.71. The van der Waals surface area contributed by atoms with E-state index in [4.69, 9.17) is 9.47 Å². The Morgan fingerprint density at radius 1 is 0.706 bits per heavy atom. The van der Waals surface area contributed by atoms with Crippen molar-refractivity contribution in [2.45, 2.75) is 84.2 Å². The Morgan fingerprint density at radius 3 is 1.97 bits per heavy atom. The van der Waals surface area contributed by atoms with Gasteiger partial charge in [-0.15, -0.1) is 0 Å². The van der Waals surface area contributed by atoms with Crippen LogP contribution in [0.15, 0.2) is 72.9 Å². The van der Waals surface area contributed by atoms with E-state index in [1.165, 1.54) is 12.8 Å². The third-order valence-corrected chi connectivity index (χ3v) is 4.63. The molecule has 0 spiro atoms. The molecule has 1 N–H and O–H groups in total. The van der Waals surface area contributed by atoms with Crippen molar-refractivity contribution in [1.82, 2.24) is 0 Å². The fraction of sp³-hybridized carbons (Fsp3) is 0.517. The number of aliphatic hydroxyl groups is 1. The first-order chi connectivity index (χ1) is 16.6. The molecule has 0 aliphatic rings. The molecular formula is C29H44O5. The summed E-state index contributed by atoms with van der Waals surface area (Å²) in [7, 11) is 0. The van der Waals surface area contributed by atoms with Crippen LogP contribution in [0.25, 0.3) is 0 Å². The minimum absolute atomic E-state index is 0.123. The van der Waals surface area contributed by atoms with Gasteiger partial charge in [0, 0.05) is 12.8 Å². The molecule has 5 heteroatoms. The lowest BCUT2D eigenvalue weighted by Crippen LogP contribution is -2.28. The monoisotopic (exact) mass is 472 g/mol. The van der Waals surface area contributed by atoms with Crippen molar-refractivity contribution in [3.05, 3.63) is 72.9 Å². The van der Waals surface area contributed by atoms with E-state index in [2.05, 4.69) is 26.0 Å². The summed E-state index contributed by atoms with van der Waals surface area (Å²) in [6, 6.07) is 0. The standard InChI is InChI=1S/C29H44O5/c1-3-5-7-9-11-12-13-14-15-16-18-19-21-23-28(31)33-26-27(25-30)34-29(32)24-22-20-17-10-8-6-4-2/h5,7,9,11-18,20,27,30H,3-4,6,8,10,19,21-26H2,1-2H3/b7-5+,11-9+,13-12+,15-14+,18-16+,20-17+. The molecule has 0 aromatic heterocycles. The van der Waals surface area contributed by atoms with Crippen LogP contribution in [0.4, 0.5) is 0 Å². The van der Waals surface area contributed by atoms with Gasteiger partial charge in [0.05, 0.1) is 6.61 Å². The number of hydrogen-bond acceptors (Lipinski definition) is 5. The van der Waals surface area contributed by atoms with Gasteiger partial charge in [0.2, 0.25) is 0 Å².